The van der Waals surface area contributed by atoms with Gasteiger partial charge in [-0.05, 0) is 18.2 Å². The summed E-state index contributed by atoms with van der Waals surface area (Å²) in [6.07, 6.45) is 0. The molecule has 0 aliphatic heterocycles. The number of thiazole rings is 2. The summed E-state index contributed by atoms with van der Waals surface area (Å²) in [6.45, 7) is 1.82. The summed E-state index contributed by atoms with van der Waals surface area (Å²) in [5.74, 6) is 0. The molecule has 0 amide bonds. The number of nitrogens with zero attached hydrogens (tertiary/aromatic N) is 2. The molecule has 0 saturated heterocycles. The smallest absolute Gasteiger partial charge is 0.226 e. The van der Waals surface area contributed by atoms with Gasteiger partial charge in [0.2, 0.25) is 22.1 Å². The Morgan fingerprint density at radius 2 is 1.03 bits per heavy atom. The number of hydrogen-bond donors (Lipinski definition) is 0. The minimum atomic E-state index is 0. The minimum Gasteiger partial charge on any atom is -1.00 e. The number of fused-ring (bicyclic) bond motifs is 2. The van der Waals surface area contributed by atoms with E-state index in [4.69, 9.17) is 0 Å². The number of para-hydroxylation sites is 2. The molecular formula is C22H19Br2ClN2S2. The Morgan fingerprint density at radius 3 is 1.52 bits per heavy atom. The van der Waals surface area contributed by atoms with Crippen molar-refractivity contribution in [3.05, 3.63) is 94.9 Å². The van der Waals surface area contributed by atoms with Crippen molar-refractivity contribution < 1.29 is 43.1 Å². The standard InChI is InChI=1S/C22H18N2S2.2BrH.ClH/c1-3-10-21-19(8-1)23(15-25-21)13-17-6-5-7-18(12-17)14-24-16-26-22-11-4-2-9-20(22)24;;;/h1-12,15-16H,13-14H2;3*1H/q+2;;;/p-2. The average Bonchev–Trinajstić information content (AvgIpc) is 3.27. The van der Waals surface area contributed by atoms with Crippen molar-refractivity contribution >= 4 is 55.5 Å². The van der Waals surface area contributed by atoms with Gasteiger partial charge in [0.15, 0.2) is 13.1 Å². The number of rotatable bonds is 4. The fourth-order valence-corrected chi connectivity index (χ4v) is 5.19. The van der Waals surface area contributed by atoms with Gasteiger partial charge in [0.1, 0.15) is 9.40 Å². The number of hydrogen-bond acceptors (Lipinski definition) is 2. The maximum Gasteiger partial charge on any atom is 0.226 e. The highest BCUT2D eigenvalue weighted by Gasteiger charge is 2.14. The second-order valence-electron chi connectivity index (χ2n) is 6.46. The van der Waals surface area contributed by atoms with Gasteiger partial charge in [-0.1, -0.05) is 65.1 Å². The van der Waals surface area contributed by atoms with Crippen LogP contribution in [-0.4, -0.2) is 0 Å². The first-order valence-corrected chi connectivity index (χ1v) is 10.4. The molecule has 0 spiro atoms. The summed E-state index contributed by atoms with van der Waals surface area (Å²) in [4.78, 5) is 0. The van der Waals surface area contributed by atoms with E-state index in [-0.39, 0.29) is 46.4 Å². The molecule has 5 aromatic rings. The summed E-state index contributed by atoms with van der Waals surface area (Å²) in [5, 5.41) is 0. The van der Waals surface area contributed by atoms with Gasteiger partial charge in [0, 0.05) is 23.3 Å². The van der Waals surface area contributed by atoms with E-state index in [1.54, 1.807) is 22.7 Å². The Bertz CT molecular complexity index is 1130. The quantitative estimate of drug-likeness (QED) is 0.251. The lowest BCUT2D eigenvalue weighted by Crippen LogP contribution is -3.00. The molecule has 3 aromatic carbocycles. The zero-order chi connectivity index (χ0) is 17.3. The highest BCUT2D eigenvalue weighted by atomic mass is 79.9. The summed E-state index contributed by atoms with van der Waals surface area (Å²) in [6, 6.07) is 26.1. The lowest BCUT2D eigenvalue weighted by molar-refractivity contribution is -0.659. The zero-order valence-corrected chi connectivity index (χ0v) is 21.0. The van der Waals surface area contributed by atoms with Gasteiger partial charge in [0.25, 0.3) is 0 Å². The van der Waals surface area contributed by atoms with E-state index in [0.717, 1.165) is 13.1 Å². The predicted molar refractivity (Wildman–Crippen MR) is 116 cm³/mol. The van der Waals surface area contributed by atoms with Gasteiger partial charge in [0.05, 0.1) is 0 Å². The maximum absolute atomic E-state index is 2.34. The molecule has 29 heavy (non-hydrogen) atoms. The second kappa shape index (κ2) is 10.6. The molecule has 2 aromatic heterocycles. The van der Waals surface area contributed by atoms with Crippen molar-refractivity contribution in [2.45, 2.75) is 13.1 Å². The first kappa shape index (κ1) is 24.0. The molecule has 0 radical (unpaired) electrons. The van der Waals surface area contributed by atoms with Crippen LogP contribution in [0.4, 0.5) is 0 Å². The Hall–Kier alpha value is -1.31. The van der Waals surface area contributed by atoms with Crippen LogP contribution in [0.3, 0.4) is 0 Å². The van der Waals surface area contributed by atoms with Gasteiger partial charge >= 0.3 is 0 Å². The second-order valence-corrected chi connectivity index (χ2v) is 8.23. The fraction of sp³-hybridized carbons (Fsp3) is 0.0909. The SMILES string of the molecule is Cl.[Br-].[Br-].c1cc(C[n+]2csc3ccccc32)cc(C[n+]2csc3ccccc32)c1. The van der Waals surface area contributed by atoms with Gasteiger partial charge in [-0.25, -0.2) is 0 Å². The molecule has 0 aliphatic carbocycles. The zero-order valence-electron chi connectivity index (χ0n) is 15.4. The lowest BCUT2D eigenvalue weighted by atomic mass is 10.1. The predicted octanol–water partition coefficient (Wildman–Crippen LogP) is -0.783. The van der Waals surface area contributed by atoms with E-state index in [1.807, 2.05) is 0 Å². The molecule has 0 saturated carbocycles. The third-order valence-electron chi connectivity index (χ3n) is 4.66. The molecule has 0 fully saturated rings. The summed E-state index contributed by atoms with van der Waals surface area (Å²) in [7, 11) is 0. The van der Waals surface area contributed by atoms with Crippen LogP contribution >= 0.6 is 35.1 Å². The number of benzene rings is 3. The van der Waals surface area contributed by atoms with Crippen molar-refractivity contribution in [2.75, 3.05) is 0 Å². The number of halogens is 3. The third-order valence-corrected chi connectivity index (χ3v) is 6.58. The molecule has 0 unspecified atom stereocenters. The van der Waals surface area contributed by atoms with E-state index in [9.17, 15) is 0 Å². The molecular weight excluding hydrogens is 552 g/mol. The monoisotopic (exact) mass is 568 g/mol. The minimum absolute atomic E-state index is 0. The first-order valence-electron chi connectivity index (χ1n) is 8.66. The summed E-state index contributed by atoms with van der Waals surface area (Å²) >= 11 is 3.61. The molecule has 0 aliphatic rings. The van der Waals surface area contributed by atoms with Crippen LogP contribution in [0.2, 0.25) is 0 Å². The molecule has 150 valence electrons. The van der Waals surface area contributed by atoms with E-state index >= 15 is 0 Å². The van der Waals surface area contributed by atoms with E-state index < -0.39 is 0 Å². The maximum atomic E-state index is 2.34. The van der Waals surface area contributed by atoms with Gasteiger partial charge in [-0.15, -0.1) is 12.4 Å². The van der Waals surface area contributed by atoms with Crippen molar-refractivity contribution in [1.29, 1.82) is 0 Å². The van der Waals surface area contributed by atoms with E-state index in [1.165, 1.54) is 31.6 Å². The van der Waals surface area contributed by atoms with E-state index in [0.29, 0.717) is 0 Å². The Labute approximate surface area is 205 Å². The Kier molecular flexibility index (Phi) is 8.79. The molecule has 2 nitrogen and oxygen atoms in total. The van der Waals surface area contributed by atoms with Gasteiger partial charge in [-0.3, -0.25) is 0 Å². The van der Waals surface area contributed by atoms with Crippen molar-refractivity contribution in [3.63, 3.8) is 0 Å². The topological polar surface area (TPSA) is 7.76 Å². The van der Waals surface area contributed by atoms with Crippen molar-refractivity contribution in [2.24, 2.45) is 0 Å². The normalized spacial score (nSPS) is 10.2. The van der Waals surface area contributed by atoms with Gasteiger partial charge < -0.3 is 34.0 Å². The molecule has 5 rings (SSSR count). The molecule has 0 atom stereocenters. The van der Waals surface area contributed by atoms with Crippen LogP contribution < -0.4 is 43.1 Å². The molecule has 0 bridgehead atoms. The first-order chi connectivity index (χ1) is 12.9. The van der Waals surface area contributed by atoms with Crippen LogP contribution in [0.1, 0.15) is 11.1 Å². The fourth-order valence-electron chi connectivity index (χ4n) is 3.41. The lowest BCUT2D eigenvalue weighted by Gasteiger charge is -2.01. The largest absolute Gasteiger partial charge is 1.00 e. The Morgan fingerprint density at radius 1 is 0.586 bits per heavy atom. The average molecular weight is 571 g/mol. The molecule has 2 heterocycles. The highest BCUT2D eigenvalue weighted by molar-refractivity contribution is 7.16. The van der Waals surface area contributed by atoms with Crippen LogP contribution in [0.25, 0.3) is 20.4 Å². The van der Waals surface area contributed by atoms with Crippen LogP contribution in [0.15, 0.2) is 83.8 Å². The summed E-state index contributed by atoms with van der Waals surface area (Å²) < 4.78 is 7.35. The summed E-state index contributed by atoms with van der Waals surface area (Å²) in [5.41, 5.74) is 9.74. The Balaban J connectivity index is 0.000001000. The van der Waals surface area contributed by atoms with Crippen LogP contribution in [-0.2, 0) is 13.1 Å². The van der Waals surface area contributed by atoms with E-state index in [2.05, 4.69) is 93.0 Å². The van der Waals surface area contributed by atoms with Crippen LogP contribution in [0.5, 0.6) is 0 Å². The van der Waals surface area contributed by atoms with Gasteiger partial charge in [-0.2, -0.15) is 9.13 Å². The van der Waals surface area contributed by atoms with Crippen LogP contribution in [0, 0.1) is 0 Å². The molecule has 7 heteroatoms. The molecule has 0 N–H and O–H groups in total. The highest BCUT2D eigenvalue weighted by Crippen LogP contribution is 2.17. The van der Waals surface area contributed by atoms with Crippen molar-refractivity contribution in [3.8, 4) is 0 Å². The third kappa shape index (κ3) is 5.06. The number of aromatic nitrogens is 2. The van der Waals surface area contributed by atoms with Crippen molar-refractivity contribution in [1.82, 2.24) is 0 Å².